The molecule has 0 aliphatic heterocycles. The Morgan fingerprint density at radius 3 is 2.90 bits per heavy atom. The van der Waals surface area contributed by atoms with Crippen molar-refractivity contribution in [2.24, 2.45) is 23.2 Å². The van der Waals surface area contributed by atoms with Gasteiger partial charge in [-0.05, 0) is 42.4 Å². The van der Waals surface area contributed by atoms with E-state index in [0.29, 0.717) is 10.6 Å². The van der Waals surface area contributed by atoms with Crippen LogP contribution in [0, 0.1) is 23.2 Å². The fourth-order valence-corrected chi connectivity index (χ4v) is 4.60. The Hall–Kier alpha value is -1.16. The predicted octanol–water partition coefficient (Wildman–Crippen LogP) is 3.55. The summed E-state index contributed by atoms with van der Waals surface area (Å²) >= 11 is 6.07. The van der Waals surface area contributed by atoms with Gasteiger partial charge in [-0.15, -0.1) is 0 Å². The SMILES string of the molecule is CC1(C)[C@H]2CC[C@H](Cn3cnc4c(Cl)ncnc43)[C@@H]1C2. The summed E-state index contributed by atoms with van der Waals surface area (Å²) in [4.78, 5) is 12.7. The zero-order chi connectivity index (χ0) is 13.9. The van der Waals surface area contributed by atoms with Gasteiger partial charge >= 0.3 is 0 Å². The number of halogens is 1. The molecule has 3 saturated carbocycles. The highest BCUT2D eigenvalue weighted by Crippen LogP contribution is 2.61. The normalized spacial score (nSPS) is 31.2. The molecule has 0 unspecified atom stereocenters. The molecule has 4 nitrogen and oxygen atoms in total. The largest absolute Gasteiger partial charge is 0.315 e. The molecule has 106 valence electrons. The molecule has 0 spiro atoms. The van der Waals surface area contributed by atoms with Gasteiger partial charge in [0.2, 0.25) is 0 Å². The third-order valence-corrected chi connectivity index (χ3v) is 6.07. The van der Waals surface area contributed by atoms with Crippen molar-refractivity contribution < 1.29 is 0 Å². The molecule has 0 aromatic carbocycles. The van der Waals surface area contributed by atoms with E-state index in [1.165, 1.54) is 25.6 Å². The van der Waals surface area contributed by atoms with Crippen molar-refractivity contribution in [2.45, 2.75) is 39.7 Å². The maximum atomic E-state index is 6.07. The maximum Gasteiger partial charge on any atom is 0.164 e. The first kappa shape index (κ1) is 12.6. The number of hydrogen-bond acceptors (Lipinski definition) is 3. The first-order valence-corrected chi connectivity index (χ1v) is 7.76. The molecule has 3 fully saturated rings. The predicted molar refractivity (Wildman–Crippen MR) is 78.4 cm³/mol. The molecule has 0 N–H and O–H groups in total. The van der Waals surface area contributed by atoms with E-state index in [-0.39, 0.29) is 0 Å². The molecular formula is C15H19ClN4. The van der Waals surface area contributed by atoms with Crippen molar-refractivity contribution in [2.75, 3.05) is 0 Å². The Bertz CT molecular complexity index is 661. The second-order valence-electron chi connectivity index (χ2n) is 6.93. The molecule has 2 bridgehead atoms. The standard InChI is InChI=1S/C15H19ClN4/c1-15(2)10-4-3-9(11(15)5-10)6-20-8-19-12-13(16)17-7-18-14(12)20/h7-11H,3-6H2,1-2H3/t9-,10+,11+/m1/s1. The average molecular weight is 291 g/mol. The van der Waals surface area contributed by atoms with Crippen LogP contribution in [-0.2, 0) is 6.54 Å². The van der Waals surface area contributed by atoms with Crippen molar-refractivity contribution in [1.29, 1.82) is 0 Å². The summed E-state index contributed by atoms with van der Waals surface area (Å²) < 4.78 is 2.16. The van der Waals surface area contributed by atoms with Gasteiger partial charge in [-0.3, -0.25) is 0 Å². The van der Waals surface area contributed by atoms with Crippen LogP contribution in [0.3, 0.4) is 0 Å². The summed E-state index contributed by atoms with van der Waals surface area (Å²) in [7, 11) is 0. The van der Waals surface area contributed by atoms with Gasteiger partial charge in [0.25, 0.3) is 0 Å². The molecular weight excluding hydrogens is 272 g/mol. The van der Waals surface area contributed by atoms with Crippen molar-refractivity contribution in [3.63, 3.8) is 0 Å². The van der Waals surface area contributed by atoms with Gasteiger partial charge in [-0.1, -0.05) is 25.4 Å². The molecule has 0 radical (unpaired) electrons. The van der Waals surface area contributed by atoms with E-state index in [1.807, 2.05) is 6.33 Å². The fourth-order valence-electron chi connectivity index (χ4n) is 4.42. The lowest BCUT2D eigenvalue weighted by atomic mass is 9.45. The molecule has 2 heterocycles. The molecule has 3 aliphatic rings. The second kappa shape index (κ2) is 4.17. The van der Waals surface area contributed by atoms with E-state index in [9.17, 15) is 0 Å². The summed E-state index contributed by atoms with van der Waals surface area (Å²) in [5, 5.41) is 0.446. The lowest BCUT2D eigenvalue weighted by Gasteiger charge is -2.60. The molecule has 2 aromatic rings. The number of imidazole rings is 1. The number of aromatic nitrogens is 4. The topological polar surface area (TPSA) is 43.6 Å². The monoisotopic (exact) mass is 290 g/mol. The summed E-state index contributed by atoms with van der Waals surface area (Å²) in [6.07, 6.45) is 7.49. The van der Waals surface area contributed by atoms with E-state index in [2.05, 4.69) is 33.4 Å². The van der Waals surface area contributed by atoms with Crippen LogP contribution in [0.4, 0.5) is 0 Å². The number of rotatable bonds is 2. The van der Waals surface area contributed by atoms with Crippen molar-refractivity contribution in [3.05, 3.63) is 17.8 Å². The Morgan fingerprint density at radius 2 is 2.15 bits per heavy atom. The van der Waals surface area contributed by atoms with Crippen LogP contribution in [0.2, 0.25) is 5.15 Å². The summed E-state index contributed by atoms with van der Waals surface area (Å²) in [5.74, 6) is 2.53. The summed E-state index contributed by atoms with van der Waals surface area (Å²) in [6, 6.07) is 0. The molecule has 5 rings (SSSR count). The van der Waals surface area contributed by atoms with Crippen LogP contribution in [0.1, 0.15) is 33.1 Å². The van der Waals surface area contributed by atoms with Gasteiger partial charge in [-0.25, -0.2) is 15.0 Å². The molecule has 0 amide bonds. The lowest BCUT2D eigenvalue weighted by Crippen LogP contribution is -2.53. The third kappa shape index (κ3) is 1.63. The van der Waals surface area contributed by atoms with Crippen LogP contribution in [0.15, 0.2) is 12.7 Å². The molecule has 0 saturated heterocycles. The van der Waals surface area contributed by atoms with E-state index in [0.717, 1.165) is 35.5 Å². The molecule has 2 aromatic heterocycles. The third-order valence-electron chi connectivity index (χ3n) is 5.79. The highest BCUT2D eigenvalue weighted by atomic mass is 35.5. The van der Waals surface area contributed by atoms with Gasteiger partial charge in [0.15, 0.2) is 10.8 Å². The Morgan fingerprint density at radius 1 is 1.30 bits per heavy atom. The lowest BCUT2D eigenvalue weighted by molar-refractivity contribution is -0.108. The van der Waals surface area contributed by atoms with Crippen LogP contribution in [0.5, 0.6) is 0 Å². The smallest absolute Gasteiger partial charge is 0.164 e. The zero-order valence-electron chi connectivity index (χ0n) is 11.9. The Balaban J connectivity index is 1.64. The zero-order valence-corrected chi connectivity index (χ0v) is 12.6. The van der Waals surface area contributed by atoms with Gasteiger partial charge in [-0.2, -0.15) is 0 Å². The van der Waals surface area contributed by atoms with Crippen LogP contribution in [0.25, 0.3) is 11.2 Å². The maximum absolute atomic E-state index is 6.07. The van der Waals surface area contributed by atoms with E-state index in [1.54, 1.807) is 0 Å². The molecule has 20 heavy (non-hydrogen) atoms. The minimum absolute atomic E-state index is 0.446. The van der Waals surface area contributed by atoms with Gasteiger partial charge in [0.1, 0.15) is 11.8 Å². The average Bonchev–Trinajstić information content (AvgIpc) is 2.83. The second-order valence-corrected chi connectivity index (χ2v) is 7.29. The van der Waals surface area contributed by atoms with E-state index in [4.69, 9.17) is 11.6 Å². The van der Waals surface area contributed by atoms with Crippen molar-refractivity contribution >= 4 is 22.8 Å². The highest BCUT2D eigenvalue weighted by molar-refractivity contribution is 6.33. The quantitative estimate of drug-likeness (QED) is 0.795. The van der Waals surface area contributed by atoms with Crippen LogP contribution in [-0.4, -0.2) is 19.5 Å². The number of hydrogen-bond donors (Lipinski definition) is 0. The number of fused-ring (bicyclic) bond motifs is 3. The molecule has 5 heteroatoms. The molecule has 3 atom stereocenters. The summed E-state index contributed by atoms with van der Waals surface area (Å²) in [5.41, 5.74) is 2.10. The molecule has 3 aliphatic carbocycles. The number of nitrogens with zero attached hydrogens (tertiary/aromatic N) is 4. The van der Waals surface area contributed by atoms with Crippen molar-refractivity contribution in [3.8, 4) is 0 Å². The van der Waals surface area contributed by atoms with Gasteiger partial charge in [0.05, 0.1) is 6.33 Å². The summed E-state index contributed by atoms with van der Waals surface area (Å²) in [6.45, 7) is 5.87. The Labute approximate surface area is 123 Å². The van der Waals surface area contributed by atoms with Gasteiger partial charge < -0.3 is 4.57 Å². The van der Waals surface area contributed by atoms with Crippen molar-refractivity contribution in [1.82, 2.24) is 19.5 Å². The first-order chi connectivity index (χ1) is 9.57. The highest BCUT2D eigenvalue weighted by Gasteiger charge is 2.54. The van der Waals surface area contributed by atoms with Crippen LogP contribution < -0.4 is 0 Å². The van der Waals surface area contributed by atoms with Crippen LogP contribution >= 0.6 is 11.6 Å². The fraction of sp³-hybridized carbons (Fsp3) is 0.667. The minimum Gasteiger partial charge on any atom is -0.315 e. The van der Waals surface area contributed by atoms with E-state index >= 15 is 0 Å². The van der Waals surface area contributed by atoms with E-state index < -0.39 is 0 Å². The first-order valence-electron chi connectivity index (χ1n) is 7.38. The minimum atomic E-state index is 0.446. The van der Waals surface area contributed by atoms with Gasteiger partial charge in [0, 0.05) is 6.54 Å². The Kier molecular flexibility index (Phi) is 2.62.